The number of aliphatic hydroxyl groups excluding tert-OH is 2. The maximum absolute atomic E-state index is 14.7. The highest BCUT2D eigenvalue weighted by molar-refractivity contribution is 8.03. The smallest absolute Gasteiger partial charge is 0.244 e. The van der Waals surface area contributed by atoms with Crippen LogP contribution in [0.3, 0.4) is 0 Å². The van der Waals surface area contributed by atoms with Crippen LogP contribution < -0.4 is 99.0 Å². The quantitative estimate of drug-likeness (QED) is 0.0243. The molecule has 0 radical (unpaired) electrons. The summed E-state index contributed by atoms with van der Waals surface area (Å²) in [7, 11) is 0. The standard InChI is InChI=1S/C86H168N18O12S2/c1-3-5-7-9-11-13-15-17-19-21-23-25-27-29-31-45-59-95-79(109)73(63-105)101-85(115)75(103-83(113)71(51-37-43-57-91)99-81(111)69(49-35-41-55-89)97-77(107)67(93)47-33-39-53-87)65-117-61-62-118-66-76(86(116)102-74(64-106)80(110)96-60-46-32-30-28-26-24-22-20-18-16-14-12-10-8-6-4-2)104-84(114)72(52-38-44-58-92)100-82(112)70(50-36-42-56-90)98-78(108)68(94)48-34-40-54-88/h17-20,67-76,105-106H,3-16,21-66,87-94H2,1-2H3,(H,95,109)(H,96,110)(H,97,107)(H,98,108)(H,99,111)(H,100,112)(H,101,115)(H,102,116)(H,103,113)(H,104,114)/b19-17-,20-18-/t67-,68-,69-,70-,71-,72-,73-,74-,75-,76-/m0/s1. The van der Waals surface area contributed by atoms with E-state index >= 15 is 0 Å². The molecular weight excluding hydrogens is 1540 g/mol. The van der Waals surface area contributed by atoms with Crippen LogP contribution >= 0.6 is 23.5 Å². The van der Waals surface area contributed by atoms with Crippen molar-refractivity contribution in [3.8, 4) is 0 Å². The molecule has 0 bridgehead atoms. The molecule has 10 atom stereocenters. The molecule has 0 unspecified atom stereocenters. The predicted octanol–water partition coefficient (Wildman–Crippen LogP) is 6.05. The van der Waals surface area contributed by atoms with E-state index < -0.39 is 133 Å². The van der Waals surface area contributed by atoms with Gasteiger partial charge in [0.25, 0.3) is 0 Å². The van der Waals surface area contributed by atoms with Gasteiger partial charge >= 0.3 is 0 Å². The molecule has 30 nitrogen and oxygen atoms in total. The molecule has 0 aliphatic heterocycles. The number of thioether (sulfide) groups is 2. The van der Waals surface area contributed by atoms with Crippen molar-refractivity contribution in [2.24, 2.45) is 45.9 Å². The number of hydrogen-bond donors (Lipinski definition) is 20. The molecule has 0 aliphatic carbocycles. The Hall–Kier alpha value is -5.52. The molecule has 0 aromatic rings. The second-order valence-corrected chi connectivity index (χ2v) is 33.7. The molecule has 32 heteroatoms. The summed E-state index contributed by atoms with van der Waals surface area (Å²) in [5.74, 6) is -6.53. The van der Waals surface area contributed by atoms with Crippen LogP contribution in [0.4, 0.5) is 0 Å². The van der Waals surface area contributed by atoms with Crippen molar-refractivity contribution < 1.29 is 58.2 Å². The van der Waals surface area contributed by atoms with Gasteiger partial charge in [-0.3, -0.25) is 47.9 Å². The Morgan fingerprint density at radius 3 is 0.746 bits per heavy atom. The molecule has 0 saturated carbocycles. The summed E-state index contributed by atoms with van der Waals surface area (Å²) < 4.78 is 0. The van der Waals surface area contributed by atoms with E-state index in [1.807, 2.05) is 0 Å². The Morgan fingerprint density at radius 1 is 0.263 bits per heavy atom. The van der Waals surface area contributed by atoms with E-state index in [4.69, 9.17) is 45.9 Å². The molecule has 28 N–H and O–H groups in total. The lowest BCUT2D eigenvalue weighted by molar-refractivity contribution is -0.134. The van der Waals surface area contributed by atoms with Crippen molar-refractivity contribution in [1.82, 2.24) is 53.2 Å². The first-order chi connectivity index (χ1) is 57.3. The Balaban J connectivity index is 7.01. The SMILES string of the molecule is CCCCCCCC/C=C\CCCCCCCCNC(=O)[C@H](CO)NC(=O)[C@H](CSCCSC[C@H](NC(=O)[C@H](CCCCN)NC(=O)[C@H](CCCCN)NC(=O)[C@@H](N)CCCCN)C(=O)N[C@@H](CO)C(=O)NCCCCCCCC/C=C\CCCCCCCC)NC(=O)[C@H](CCCCN)NC(=O)[C@H](CCCCN)NC(=O)[C@@H](N)CCCCN. The third kappa shape index (κ3) is 60.9. The highest BCUT2D eigenvalue weighted by Gasteiger charge is 2.35. The van der Waals surface area contributed by atoms with Crippen LogP contribution in [0.15, 0.2) is 24.3 Å². The summed E-state index contributed by atoms with van der Waals surface area (Å²) >= 11 is 2.44. The minimum atomic E-state index is -1.41. The van der Waals surface area contributed by atoms with Crippen molar-refractivity contribution in [3.05, 3.63) is 24.3 Å². The Kier molecular flexibility index (Phi) is 76.2. The average molecular weight is 1710 g/mol. The highest BCUT2D eigenvalue weighted by atomic mass is 32.2. The van der Waals surface area contributed by atoms with Gasteiger partial charge in [-0.2, -0.15) is 23.5 Å². The summed E-state index contributed by atoms with van der Waals surface area (Å²) in [5.41, 5.74) is 47.3. The van der Waals surface area contributed by atoms with Crippen LogP contribution in [-0.2, 0) is 47.9 Å². The lowest BCUT2D eigenvalue weighted by Gasteiger charge is -2.27. The Bertz CT molecular complexity index is 2470. The lowest BCUT2D eigenvalue weighted by atomic mass is 10.0. The van der Waals surface area contributed by atoms with Gasteiger partial charge < -0.3 is 109 Å². The molecule has 0 aromatic carbocycles. The maximum atomic E-state index is 14.7. The molecule has 0 aliphatic rings. The fourth-order valence-electron chi connectivity index (χ4n) is 13.2. The van der Waals surface area contributed by atoms with Gasteiger partial charge in [-0.15, -0.1) is 0 Å². The molecule has 0 fully saturated rings. The number of nitrogens with one attached hydrogen (secondary N) is 10. The number of hydrogen-bond acceptors (Lipinski definition) is 22. The zero-order chi connectivity index (χ0) is 87.3. The van der Waals surface area contributed by atoms with Gasteiger partial charge in [0.2, 0.25) is 59.1 Å². The van der Waals surface area contributed by atoms with Crippen molar-refractivity contribution in [2.75, 3.05) is 88.6 Å². The van der Waals surface area contributed by atoms with Gasteiger partial charge in [0, 0.05) is 36.1 Å². The van der Waals surface area contributed by atoms with Crippen molar-refractivity contribution in [1.29, 1.82) is 0 Å². The number of aliphatic hydroxyl groups is 2. The molecular formula is C86H168N18O12S2. The summed E-state index contributed by atoms with van der Waals surface area (Å²) in [4.78, 5) is 141. The first-order valence-corrected chi connectivity index (χ1v) is 48.0. The van der Waals surface area contributed by atoms with Crippen molar-refractivity contribution >= 4 is 82.6 Å². The van der Waals surface area contributed by atoms with E-state index in [1.54, 1.807) is 0 Å². The topological polar surface area (TPSA) is 540 Å². The van der Waals surface area contributed by atoms with Crippen LogP contribution in [0.25, 0.3) is 0 Å². The number of carbonyl (C=O) groups excluding carboxylic acids is 10. The number of allylic oxidation sites excluding steroid dienone is 4. The minimum absolute atomic E-state index is 0.0841. The van der Waals surface area contributed by atoms with Crippen LogP contribution in [-0.4, -0.2) is 218 Å². The predicted molar refractivity (Wildman–Crippen MR) is 483 cm³/mol. The van der Waals surface area contributed by atoms with E-state index in [2.05, 4.69) is 91.3 Å². The van der Waals surface area contributed by atoms with Gasteiger partial charge in [0.15, 0.2) is 0 Å². The number of nitrogens with two attached hydrogens (primary N) is 8. The molecule has 10 amide bonds. The van der Waals surface area contributed by atoms with E-state index in [1.165, 1.54) is 101 Å². The molecule has 0 saturated heterocycles. The second-order valence-electron chi connectivity index (χ2n) is 31.4. The number of unbranched alkanes of at least 4 members (excludes halogenated alkanes) is 30. The number of rotatable bonds is 83. The highest BCUT2D eigenvalue weighted by Crippen LogP contribution is 2.17. The van der Waals surface area contributed by atoms with Gasteiger partial charge in [-0.1, -0.05) is 167 Å². The second kappa shape index (κ2) is 79.9. The van der Waals surface area contributed by atoms with Crippen LogP contribution in [0.5, 0.6) is 0 Å². The van der Waals surface area contributed by atoms with E-state index in [-0.39, 0.29) is 61.8 Å². The molecule has 118 heavy (non-hydrogen) atoms. The molecule has 0 rings (SSSR count). The zero-order valence-corrected chi connectivity index (χ0v) is 74.6. The van der Waals surface area contributed by atoms with E-state index in [9.17, 15) is 58.2 Å². The molecule has 0 spiro atoms. The van der Waals surface area contributed by atoms with Crippen LogP contribution in [0.1, 0.15) is 309 Å². The number of amides is 10. The Labute approximate surface area is 718 Å². The van der Waals surface area contributed by atoms with E-state index in [0.717, 1.165) is 89.9 Å². The molecule has 0 aromatic heterocycles. The zero-order valence-electron chi connectivity index (χ0n) is 72.9. The summed E-state index contributed by atoms with van der Waals surface area (Å²) in [5, 5.41) is 48.9. The Morgan fingerprint density at radius 2 is 0.483 bits per heavy atom. The third-order valence-corrected chi connectivity index (χ3v) is 23.1. The first kappa shape index (κ1) is 112. The fraction of sp³-hybridized carbons (Fsp3) is 0.837. The van der Waals surface area contributed by atoms with Gasteiger partial charge in [0.1, 0.15) is 48.3 Å². The number of carbonyl (C=O) groups is 10. The third-order valence-electron chi connectivity index (χ3n) is 20.7. The van der Waals surface area contributed by atoms with Crippen LogP contribution in [0.2, 0.25) is 0 Å². The normalized spacial score (nSPS) is 14.1. The van der Waals surface area contributed by atoms with Crippen molar-refractivity contribution in [3.63, 3.8) is 0 Å². The largest absolute Gasteiger partial charge is 0.394 e. The summed E-state index contributed by atoms with van der Waals surface area (Å²) in [6.07, 6.45) is 48.0. The lowest BCUT2D eigenvalue weighted by Crippen LogP contribution is -2.59. The van der Waals surface area contributed by atoms with Gasteiger partial charge in [-0.25, -0.2) is 0 Å². The average Bonchev–Trinajstić information content (AvgIpc) is 0.867. The minimum Gasteiger partial charge on any atom is -0.394 e. The van der Waals surface area contributed by atoms with Gasteiger partial charge in [-0.05, 0) is 206 Å². The molecule has 686 valence electrons. The summed E-state index contributed by atoms with van der Waals surface area (Å²) in [6.45, 7) is 5.58. The fourth-order valence-corrected chi connectivity index (χ4v) is 15.4. The van der Waals surface area contributed by atoms with E-state index in [0.29, 0.717) is 142 Å². The summed E-state index contributed by atoms with van der Waals surface area (Å²) in [6, 6.07) is -12.1. The molecule has 0 heterocycles. The van der Waals surface area contributed by atoms with Gasteiger partial charge in [0.05, 0.1) is 25.3 Å². The monoisotopic (exact) mass is 1710 g/mol. The maximum Gasteiger partial charge on any atom is 0.244 e. The van der Waals surface area contributed by atoms with Crippen LogP contribution in [0, 0.1) is 0 Å². The van der Waals surface area contributed by atoms with Crippen molar-refractivity contribution in [2.45, 2.75) is 370 Å². The first-order valence-electron chi connectivity index (χ1n) is 45.6.